The lowest BCUT2D eigenvalue weighted by molar-refractivity contribution is 0.379. The topological polar surface area (TPSA) is 88.5 Å². The first-order chi connectivity index (χ1) is 14.5. The number of halogens is 1. The molecule has 3 heterocycles. The molecular weight excluding hydrogens is 409 g/mol. The van der Waals surface area contributed by atoms with Gasteiger partial charge in [0, 0.05) is 44.1 Å². The van der Waals surface area contributed by atoms with E-state index in [0.29, 0.717) is 18.9 Å². The van der Waals surface area contributed by atoms with Gasteiger partial charge in [-0.2, -0.15) is 4.31 Å². The van der Waals surface area contributed by atoms with Gasteiger partial charge in [0.15, 0.2) is 17.4 Å². The Morgan fingerprint density at radius 2 is 1.70 bits per heavy atom. The van der Waals surface area contributed by atoms with Crippen LogP contribution in [0.15, 0.2) is 59.8 Å². The van der Waals surface area contributed by atoms with Gasteiger partial charge in [-0.1, -0.05) is 0 Å². The zero-order valence-corrected chi connectivity index (χ0v) is 17.1. The third-order valence-electron chi connectivity index (χ3n) is 4.95. The van der Waals surface area contributed by atoms with E-state index in [0.717, 1.165) is 17.3 Å². The fourth-order valence-electron chi connectivity index (χ4n) is 3.28. The lowest BCUT2D eigenvalue weighted by atomic mass is 10.2. The van der Waals surface area contributed by atoms with Crippen LogP contribution in [-0.4, -0.2) is 61.2 Å². The molecule has 0 saturated carbocycles. The standard InChI is InChI=1S/C20H20FN5O3S/c1-29-19-4-2-16(14-17(19)21)30(27,28)26-12-10-25(11-13-26)20-5-3-18(23-24-20)15-6-8-22-9-7-15/h2-9,14H,10-13H2,1H3. The maximum absolute atomic E-state index is 14.0. The first-order valence-electron chi connectivity index (χ1n) is 9.32. The van der Waals surface area contributed by atoms with Gasteiger partial charge in [-0.3, -0.25) is 4.98 Å². The summed E-state index contributed by atoms with van der Waals surface area (Å²) in [5.41, 5.74) is 1.66. The number of benzene rings is 1. The Hall–Kier alpha value is -3.11. The van der Waals surface area contributed by atoms with Crippen LogP contribution in [0.4, 0.5) is 10.2 Å². The van der Waals surface area contributed by atoms with Crippen molar-refractivity contribution in [2.45, 2.75) is 4.90 Å². The molecule has 30 heavy (non-hydrogen) atoms. The molecule has 0 amide bonds. The van der Waals surface area contributed by atoms with Gasteiger partial charge in [-0.15, -0.1) is 10.2 Å². The fraction of sp³-hybridized carbons (Fsp3) is 0.250. The monoisotopic (exact) mass is 429 g/mol. The molecule has 1 saturated heterocycles. The summed E-state index contributed by atoms with van der Waals surface area (Å²) in [5.74, 6) is -0.0188. The third kappa shape index (κ3) is 3.96. The van der Waals surface area contributed by atoms with Crippen molar-refractivity contribution in [1.82, 2.24) is 19.5 Å². The van der Waals surface area contributed by atoms with Gasteiger partial charge in [-0.05, 0) is 42.5 Å². The molecule has 1 fully saturated rings. The van der Waals surface area contributed by atoms with Gasteiger partial charge in [0.2, 0.25) is 10.0 Å². The van der Waals surface area contributed by atoms with Crippen LogP contribution < -0.4 is 9.64 Å². The zero-order valence-electron chi connectivity index (χ0n) is 16.3. The van der Waals surface area contributed by atoms with Gasteiger partial charge in [-0.25, -0.2) is 12.8 Å². The van der Waals surface area contributed by atoms with Crippen LogP contribution in [0.5, 0.6) is 5.75 Å². The van der Waals surface area contributed by atoms with E-state index in [1.165, 1.54) is 23.5 Å². The molecule has 1 aliphatic rings. The molecule has 0 atom stereocenters. The number of pyridine rings is 1. The molecule has 10 heteroatoms. The summed E-state index contributed by atoms with van der Waals surface area (Å²) in [5, 5.41) is 8.54. The minimum atomic E-state index is -3.79. The maximum atomic E-state index is 14.0. The van der Waals surface area contributed by atoms with E-state index in [4.69, 9.17) is 4.74 Å². The van der Waals surface area contributed by atoms with E-state index < -0.39 is 15.8 Å². The number of methoxy groups -OCH3 is 1. The van der Waals surface area contributed by atoms with Crippen molar-refractivity contribution < 1.29 is 17.5 Å². The van der Waals surface area contributed by atoms with Crippen LogP contribution in [0.25, 0.3) is 11.3 Å². The highest BCUT2D eigenvalue weighted by atomic mass is 32.2. The highest BCUT2D eigenvalue weighted by molar-refractivity contribution is 7.89. The van der Waals surface area contributed by atoms with Crippen molar-refractivity contribution in [2.24, 2.45) is 0 Å². The van der Waals surface area contributed by atoms with E-state index in [1.807, 2.05) is 29.2 Å². The Morgan fingerprint density at radius 1 is 0.967 bits per heavy atom. The Balaban J connectivity index is 1.44. The maximum Gasteiger partial charge on any atom is 0.243 e. The predicted molar refractivity (Wildman–Crippen MR) is 109 cm³/mol. The summed E-state index contributed by atoms with van der Waals surface area (Å²) < 4.78 is 45.9. The second-order valence-corrected chi connectivity index (χ2v) is 8.64. The molecule has 0 N–H and O–H groups in total. The van der Waals surface area contributed by atoms with E-state index in [-0.39, 0.29) is 23.7 Å². The average Bonchev–Trinajstić information content (AvgIpc) is 2.80. The van der Waals surface area contributed by atoms with Crippen LogP contribution in [-0.2, 0) is 10.0 Å². The molecule has 4 rings (SSSR count). The number of hydrogen-bond donors (Lipinski definition) is 0. The number of nitrogens with zero attached hydrogens (tertiary/aromatic N) is 5. The lowest BCUT2D eigenvalue weighted by Gasteiger charge is -2.34. The molecule has 8 nitrogen and oxygen atoms in total. The van der Waals surface area contributed by atoms with Gasteiger partial charge in [0.1, 0.15) is 0 Å². The van der Waals surface area contributed by atoms with Crippen molar-refractivity contribution in [3.63, 3.8) is 0 Å². The van der Waals surface area contributed by atoms with Crippen molar-refractivity contribution in [3.05, 3.63) is 60.7 Å². The predicted octanol–water partition coefficient (Wildman–Crippen LogP) is 2.20. The van der Waals surface area contributed by atoms with Crippen LogP contribution in [0.3, 0.4) is 0 Å². The number of ether oxygens (including phenoxy) is 1. The van der Waals surface area contributed by atoms with E-state index in [9.17, 15) is 12.8 Å². The minimum Gasteiger partial charge on any atom is -0.494 e. The Bertz CT molecular complexity index is 1120. The average molecular weight is 429 g/mol. The van der Waals surface area contributed by atoms with Crippen molar-refractivity contribution in [3.8, 4) is 17.0 Å². The number of piperazine rings is 1. The quantitative estimate of drug-likeness (QED) is 0.614. The van der Waals surface area contributed by atoms with Crippen LogP contribution in [0.1, 0.15) is 0 Å². The van der Waals surface area contributed by atoms with E-state index in [1.54, 1.807) is 12.4 Å². The second kappa shape index (κ2) is 8.33. The smallest absolute Gasteiger partial charge is 0.243 e. The summed E-state index contributed by atoms with van der Waals surface area (Å²) >= 11 is 0. The van der Waals surface area contributed by atoms with Gasteiger partial charge in [0.25, 0.3) is 0 Å². The van der Waals surface area contributed by atoms with Crippen LogP contribution in [0.2, 0.25) is 0 Å². The number of aromatic nitrogens is 3. The normalized spacial score (nSPS) is 15.2. The molecule has 2 aromatic heterocycles. The van der Waals surface area contributed by atoms with Crippen LogP contribution in [0, 0.1) is 5.82 Å². The zero-order chi connectivity index (χ0) is 21.1. The number of rotatable bonds is 5. The summed E-state index contributed by atoms with van der Waals surface area (Å²) in [6.45, 7) is 1.45. The third-order valence-corrected chi connectivity index (χ3v) is 6.84. The fourth-order valence-corrected chi connectivity index (χ4v) is 4.72. The van der Waals surface area contributed by atoms with E-state index >= 15 is 0 Å². The second-order valence-electron chi connectivity index (χ2n) is 6.70. The summed E-state index contributed by atoms with van der Waals surface area (Å²) in [6, 6.07) is 11.1. The Morgan fingerprint density at radius 3 is 2.30 bits per heavy atom. The molecule has 0 radical (unpaired) electrons. The molecule has 1 aliphatic heterocycles. The molecule has 3 aromatic rings. The first kappa shape index (κ1) is 20.2. The molecule has 0 aliphatic carbocycles. The highest BCUT2D eigenvalue weighted by Gasteiger charge is 2.29. The first-order valence-corrected chi connectivity index (χ1v) is 10.8. The highest BCUT2D eigenvalue weighted by Crippen LogP contribution is 2.25. The van der Waals surface area contributed by atoms with Crippen LogP contribution >= 0.6 is 0 Å². The lowest BCUT2D eigenvalue weighted by Crippen LogP contribution is -2.49. The Labute approximate surface area is 174 Å². The SMILES string of the molecule is COc1ccc(S(=O)(=O)N2CCN(c3ccc(-c4ccncc4)nn3)CC2)cc1F. The van der Waals surface area contributed by atoms with Gasteiger partial charge in [0.05, 0.1) is 17.7 Å². The summed E-state index contributed by atoms with van der Waals surface area (Å²) in [6.07, 6.45) is 3.39. The minimum absolute atomic E-state index is 0.00700. The summed E-state index contributed by atoms with van der Waals surface area (Å²) in [4.78, 5) is 5.88. The number of anilines is 1. The molecule has 0 spiro atoms. The number of hydrogen-bond acceptors (Lipinski definition) is 7. The molecule has 0 bridgehead atoms. The Kier molecular flexibility index (Phi) is 5.60. The van der Waals surface area contributed by atoms with Gasteiger partial charge < -0.3 is 9.64 Å². The molecule has 0 unspecified atom stereocenters. The largest absolute Gasteiger partial charge is 0.494 e. The summed E-state index contributed by atoms with van der Waals surface area (Å²) in [7, 11) is -2.46. The molecular formula is C20H20FN5O3S. The molecule has 1 aromatic carbocycles. The number of sulfonamides is 1. The van der Waals surface area contributed by atoms with Crippen molar-refractivity contribution in [1.29, 1.82) is 0 Å². The van der Waals surface area contributed by atoms with Crippen molar-refractivity contribution in [2.75, 3.05) is 38.2 Å². The van der Waals surface area contributed by atoms with E-state index in [2.05, 4.69) is 15.2 Å². The molecule has 156 valence electrons. The van der Waals surface area contributed by atoms with Gasteiger partial charge >= 0.3 is 0 Å². The van der Waals surface area contributed by atoms with Crippen molar-refractivity contribution >= 4 is 15.8 Å².